The Bertz CT molecular complexity index is 786. The fraction of sp³-hybridized carbons (Fsp3) is 0.842. The summed E-state index contributed by atoms with van der Waals surface area (Å²) in [4.78, 5) is 15.7. The number of hydrogen-bond donors (Lipinski definition) is 0. The number of rotatable bonds is 1. The van der Waals surface area contributed by atoms with Crippen molar-refractivity contribution in [1.29, 1.82) is 0 Å². The van der Waals surface area contributed by atoms with Gasteiger partial charge in [-0.3, -0.25) is 9.69 Å². The number of fused-ring (bicyclic) bond motifs is 3. The van der Waals surface area contributed by atoms with Crippen molar-refractivity contribution in [2.75, 3.05) is 12.8 Å². The molecule has 4 bridgehead atoms. The van der Waals surface area contributed by atoms with Gasteiger partial charge in [-0.2, -0.15) is 0 Å². The predicted molar refractivity (Wildman–Crippen MR) is 95.2 cm³/mol. The fourth-order valence-corrected chi connectivity index (χ4v) is 9.52. The predicted octanol–water partition coefficient (Wildman–Crippen LogP) is 2.15. The van der Waals surface area contributed by atoms with E-state index in [1.807, 2.05) is 6.08 Å². The second-order valence-corrected chi connectivity index (χ2v) is 11.4. The first-order valence-electron chi connectivity index (χ1n) is 9.67. The quantitative estimate of drug-likeness (QED) is 0.715. The molecular formula is C19H28N2O3S. The van der Waals surface area contributed by atoms with Gasteiger partial charge in [-0.1, -0.05) is 19.9 Å². The van der Waals surface area contributed by atoms with Crippen LogP contribution >= 0.6 is 0 Å². The normalized spacial score (nSPS) is 46.4. The molecule has 0 N–H and O–H groups in total. The average Bonchev–Trinajstić information content (AvgIpc) is 3.07. The number of sulfonamides is 1. The van der Waals surface area contributed by atoms with Gasteiger partial charge in [0.1, 0.15) is 0 Å². The highest BCUT2D eigenvalue weighted by molar-refractivity contribution is 7.90. The van der Waals surface area contributed by atoms with E-state index in [1.165, 1.54) is 4.31 Å². The molecule has 138 valence electrons. The van der Waals surface area contributed by atoms with E-state index in [2.05, 4.69) is 25.8 Å². The third-order valence-electron chi connectivity index (χ3n) is 8.67. The first kappa shape index (κ1) is 16.3. The van der Waals surface area contributed by atoms with Crippen LogP contribution in [0, 0.1) is 16.7 Å². The van der Waals surface area contributed by atoms with Crippen LogP contribution in [0.1, 0.15) is 52.4 Å². The van der Waals surface area contributed by atoms with Gasteiger partial charge < -0.3 is 0 Å². The first-order chi connectivity index (χ1) is 11.7. The lowest BCUT2D eigenvalue weighted by molar-refractivity contribution is -0.125. The molecule has 1 amide bonds. The number of carbonyl (C=O) groups is 1. The Kier molecular flexibility index (Phi) is 3.06. The van der Waals surface area contributed by atoms with Crippen LogP contribution in [-0.2, 0) is 14.8 Å². The third-order valence-corrected chi connectivity index (χ3v) is 10.6. The minimum Gasteiger partial charge on any atom is -0.296 e. The zero-order valence-corrected chi connectivity index (χ0v) is 16.2. The molecule has 6 heteroatoms. The second-order valence-electron chi connectivity index (χ2n) is 9.53. The number of hydrogen-bond acceptors (Lipinski definition) is 4. The van der Waals surface area contributed by atoms with E-state index in [9.17, 15) is 13.2 Å². The fourth-order valence-electron chi connectivity index (χ4n) is 6.98. The van der Waals surface area contributed by atoms with Gasteiger partial charge in [-0.25, -0.2) is 12.7 Å². The molecule has 1 spiro atoms. The zero-order chi connectivity index (χ0) is 17.8. The molecule has 2 saturated heterocycles. The summed E-state index contributed by atoms with van der Waals surface area (Å²) in [7, 11) is -1.45. The molecule has 4 fully saturated rings. The molecule has 3 aliphatic heterocycles. The van der Waals surface area contributed by atoms with Gasteiger partial charge in [0.25, 0.3) is 5.91 Å². The minimum atomic E-state index is -3.52. The Labute approximate surface area is 150 Å². The monoisotopic (exact) mass is 364 g/mol. The van der Waals surface area contributed by atoms with E-state index >= 15 is 0 Å². The van der Waals surface area contributed by atoms with Crippen LogP contribution < -0.4 is 0 Å². The van der Waals surface area contributed by atoms with Gasteiger partial charge in [0.15, 0.2) is 0 Å². The van der Waals surface area contributed by atoms with E-state index in [-0.39, 0.29) is 34.6 Å². The van der Waals surface area contributed by atoms with Crippen LogP contribution in [0.5, 0.6) is 0 Å². The molecule has 0 aromatic rings. The largest absolute Gasteiger partial charge is 0.296 e. The van der Waals surface area contributed by atoms with Crippen molar-refractivity contribution in [2.45, 2.75) is 70.5 Å². The molecule has 0 radical (unpaired) electrons. The van der Waals surface area contributed by atoms with Crippen molar-refractivity contribution in [2.24, 2.45) is 16.7 Å². The second kappa shape index (κ2) is 4.69. The maximum Gasteiger partial charge on any atom is 0.264 e. The molecule has 25 heavy (non-hydrogen) atoms. The standard InChI is InChI=1S/C19H28N2O3S/c1-18(2)12-8-9-19(18)11-25(23,24)21(16(19)10-12)17(22)14-6-4-13-5-7-15(14)20(13)3/h6,12-13,15-16H,4-5,7-11H2,1-3H3/t12?,13-,15?,16?,19?/m0/s1. The van der Waals surface area contributed by atoms with Crippen molar-refractivity contribution in [1.82, 2.24) is 9.21 Å². The Balaban J connectivity index is 1.54. The smallest absolute Gasteiger partial charge is 0.264 e. The summed E-state index contributed by atoms with van der Waals surface area (Å²) in [6, 6.07) is 0.498. The van der Waals surface area contributed by atoms with Crippen molar-refractivity contribution in [3.63, 3.8) is 0 Å². The van der Waals surface area contributed by atoms with Gasteiger partial charge in [0, 0.05) is 23.1 Å². The summed E-state index contributed by atoms with van der Waals surface area (Å²) >= 11 is 0. The molecule has 4 unspecified atom stereocenters. The van der Waals surface area contributed by atoms with E-state index < -0.39 is 10.0 Å². The van der Waals surface area contributed by atoms with Crippen LogP contribution in [0.2, 0.25) is 0 Å². The average molecular weight is 365 g/mol. The number of amides is 1. The van der Waals surface area contributed by atoms with Crippen molar-refractivity contribution in [3.05, 3.63) is 11.6 Å². The highest BCUT2D eigenvalue weighted by Crippen LogP contribution is 2.70. The number of carbonyl (C=O) groups excluding carboxylic acids is 1. The number of nitrogens with zero attached hydrogens (tertiary/aromatic N) is 2. The summed E-state index contributed by atoms with van der Waals surface area (Å²) in [5.74, 6) is 0.487. The SMILES string of the molecule is CN1C2CC[C@@H]1CC=C2C(=O)N1C2CC3CCC2(CS1(=O)=O)C3(C)C. The first-order valence-corrected chi connectivity index (χ1v) is 11.3. The van der Waals surface area contributed by atoms with E-state index in [0.717, 1.165) is 44.1 Å². The minimum absolute atomic E-state index is 0.00988. The highest BCUT2D eigenvalue weighted by Gasteiger charge is 2.72. The van der Waals surface area contributed by atoms with Crippen LogP contribution in [0.25, 0.3) is 0 Å². The molecular weight excluding hydrogens is 336 g/mol. The summed E-state index contributed by atoms with van der Waals surface area (Å²) in [6.45, 7) is 4.45. The maximum absolute atomic E-state index is 13.4. The van der Waals surface area contributed by atoms with Gasteiger partial charge >= 0.3 is 0 Å². The van der Waals surface area contributed by atoms with Crippen LogP contribution in [0.3, 0.4) is 0 Å². The molecule has 3 heterocycles. The lowest BCUT2D eigenvalue weighted by atomic mass is 9.69. The molecule has 5 nitrogen and oxygen atoms in total. The van der Waals surface area contributed by atoms with E-state index in [4.69, 9.17) is 0 Å². The lowest BCUT2D eigenvalue weighted by Crippen LogP contribution is -2.48. The highest BCUT2D eigenvalue weighted by atomic mass is 32.2. The maximum atomic E-state index is 13.4. The van der Waals surface area contributed by atoms with Gasteiger partial charge in [-0.05, 0) is 56.9 Å². The molecule has 0 aromatic heterocycles. The van der Waals surface area contributed by atoms with Gasteiger partial charge in [-0.15, -0.1) is 0 Å². The van der Waals surface area contributed by atoms with Crippen molar-refractivity contribution < 1.29 is 13.2 Å². The van der Waals surface area contributed by atoms with Crippen LogP contribution in [0.4, 0.5) is 0 Å². The molecule has 5 aliphatic rings. The molecule has 5 rings (SSSR count). The van der Waals surface area contributed by atoms with Crippen LogP contribution in [-0.4, -0.2) is 54.5 Å². The van der Waals surface area contributed by atoms with Gasteiger partial charge in [0.05, 0.1) is 11.8 Å². The summed E-state index contributed by atoms with van der Waals surface area (Å²) in [5, 5.41) is 0. The number of likely N-dealkylation sites (N-methyl/N-ethyl adjacent to an activating group) is 1. The zero-order valence-electron chi connectivity index (χ0n) is 15.4. The molecule has 2 saturated carbocycles. The molecule has 5 atom stereocenters. The topological polar surface area (TPSA) is 57.7 Å². The van der Waals surface area contributed by atoms with Gasteiger partial charge in [0.2, 0.25) is 10.0 Å². The molecule has 0 aromatic carbocycles. The Morgan fingerprint density at radius 2 is 2.00 bits per heavy atom. The van der Waals surface area contributed by atoms with Crippen LogP contribution in [0.15, 0.2) is 11.6 Å². The van der Waals surface area contributed by atoms with Crippen molar-refractivity contribution in [3.8, 4) is 0 Å². The Morgan fingerprint density at radius 1 is 1.24 bits per heavy atom. The summed E-state index contributed by atoms with van der Waals surface area (Å²) in [6.07, 6.45) is 7.88. The van der Waals surface area contributed by atoms with E-state index in [1.54, 1.807) is 0 Å². The lowest BCUT2D eigenvalue weighted by Gasteiger charge is -2.38. The summed E-state index contributed by atoms with van der Waals surface area (Å²) in [5.41, 5.74) is 0.513. The van der Waals surface area contributed by atoms with Crippen molar-refractivity contribution >= 4 is 15.9 Å². The Hall–Kier alpha value is -0.880. The van der Waals surface area contributed by atoms with E-state index in [0.29, 0.717) is 12.0 Å². The third kappa shape index (κ3) is 1.78. The summed E-state index contributed by atoms with van der Waals surface area (Å²) < 4.78 is 27.5. The Morgan fingerprint density at radius 3 is 2.72 bits per heavy atom. The molecule has 2 aliphatic carbocycles.